The molecular weight excluding hydrogens is 254 g/mol. The first-order valence-corrected chi connectivity index (χ1v) is 7.34. The Morgan fingerprint density at radius 2 is 2.15 bits per heavy atom. The van der Waals surface area contributed by atoms with Gasteiger partial charge in [0.2, 0.25) is 5.91 Å². The largest absolute Gasteiger partial charge is 0.347 e. The third-order valence-corrected chi connectivity index (χ3v) is 4.82. The summed E-state index contributed by atoms with van der Waals surface area (Å²) in [4.78, 5) is 23.8. The van der Waals surface area contributed by atoms with E-state index in [0.29, 0.717) is 18.0 Å². The number of carbonyl (C=O) groups is 2. The Kier molecular flexibility index (Phi) is 3.51. The normalized spacial score (nSPS) is 27.6. The molecule has 1 aromatic rings. The molecule has 2 aliphatic rings. The van der Waals surface area contributed by atoms with Crippen LogP contribution in [-0.2, 0) is 11.8 Å². The highest BCUT2D eigenvalue weighted by molar-refractivity contribution is 5.94. The summed E-state index contributed by atoms with van der Waals surface area (Å²) >= 11 is 0. The van der Waals surface area contributed by atoms with Crippen molar-refractivity contribution in [2.75, 3.05) is 0 Å². The molecule has 2 aliphatic carbocycles. The van der Waals surface area contributed by atoms with Gasteiger partial charge < -0.3 is 4.57 Å². The number of amides is 2. The minimum absolute atomic E-state index is 0.0786. The van der Waals surface area contributed by atoms with Crippen molar-refractivity contribution in [3.8, 4) is 0 Å². The van der Waals surface area contributed by atoms with Gasteiger partial charge in [0.15, 0.2) is 0 Å². The molecule has 0 aromatic carbocycles. The molecule has 0 aliphatic heterocycles. The van der Waals surface area contributed by atoms with E-state index in [1.807, 2.05) is 0 Å². The number of aromatic nitrogens is 1. The van der Waals surface area contributed by atoms with E-state index in [1.165, 1.54) is 25.7 Å². The number of aryl methyl sites for hydroxylation is 1. The van der Waals surface area contributed by atoms with Crippen LogP contribution in [0.1, 0.15) is 42.6 Å². The van der Waals surface area contributed by atoms with Crippen molar-refractivity contribution in [1.82, 2.24) is 15.4 Å². The molecule has 5 heteroatoms. The summed E-state index contributed by atoms with van der Waals surface area (Å²) in [5.74, 6) is 1.73. The average Bonchev–Trinajstić information content (AvgIpc) is 3.12. The smallest absolute Gasteiger partial charge is 0.286 e. The number of hydrazine groups is 1. The van der Waals surface area contributed by atoms with Crippen LogP contribution in [0.2, 0.25) is 0 Å². The quantitative estimate of drug-likeness (QED) is 0.823. The van der Waals surface area contributed by atoms with E-state index in [2.05, 4.69) is 10.9 Å². The van der Waals surface area contributed by atoms with Crippen LogP contribution in [0.3, 0.4) is 0 Å². The maximum Gasteiger partial charge on any atom is 0.286 e. The fourth-order valence-corrected chi connectivity index (χ4v) is 3.80. The van der Waals surface area contributed by atoms with Crippen molar-refractivity contribution in [2.45, 2.75) is 32.1 Å². The molecule has 2 amide bonds. The number of hydrogen-bond acceptors (Lipinski definition) is 2. The second-order valence-corrected chi connectivity index (χ2v) is 6.15. The summed E-state index contributed by atoms with van der Waals surface area (Å²) in [6.07, 6.45) is 7.43. The topological polar surface area (TPSA) is 63.1 Å². The van der Waals surface area contributed by atoms with Crippen LogP contribution in [0.5, 0.6) is 0 Å². The molecule has 2 N–H and O–H groups in total. The highest BCUT2D eigenvalue weighted by Gasteiger charge is 2.40. The van der Waals surface area contributed by atoms with Gasteiger partial charge in [0.25, 0.3) is 5.91 Å². The number of nitrogens with zero attached hydrogens (tertiary/aromatic N) is 1. The molecule has 0 radical (unpaired) electrons. The van der Waals surface area contributed by atoms with Crippen molar-refractivity contribution in [1.29, 1.82) is 0 Å². The van der Waals surface area contributed by atoms with Gasteiger partial charge in [-0.2, -0.15) is 0 Å². The summed E-state index contributed by atoms with van der Waals surface area (Å²) in [5, 5.41) is 0. The zero-order valence-corrected chi connectivity index (χ0v) is 11.8. The zero-order valence-electron chi connectivity index (χ0n) is 11.8. The minimum atomic E-state index is -0.279. The molecule has 20 heavy (non-hydrogen) atoms. The Labute approximate surface area is 118 Å². The molecule has 2 bridgehead atoms. The van der Waals surface area contributed by atoms with Gasteiger partial charge in [-0.15, -0.1) is 0 Å². The van der Waals surface area contributed by atoms with E-state index in [1.54, 1.807) is 29.9 Å². The van der Waals surface area contributed by atoms with Crippen molar-refractivity contribution in [3.63, 3.8) is 0 Å². The zero-order chi connectivity index (χ0) is 14.1. The summed E-state index contributed by atoms with van der Waals surface area (Å²) in [7, 11) is 1.80. The molecule has 2 saturated carbocycles. The Balaban J connectivity index is 1.45. The van der Waals surface area contributed by atoms with Gasteiger partial charge in [0.1, 0.15) is 5.69 Å². The van der Waals surface area contributed by atoms with E-state index in [9.17, 15) is 9.59 Å². The predicted molar refractivity (Wildman–Crippen MR) is 74.6 cm³/mol. The SMILES string of the molecule is Cn1cccc1C(=O)NNC(=O)C[C@@H]1C[C@H]2CC[C@H]1C2. The van der Waals surface area contributed by atoms with E-state index < -0.39 is 0 Å². The average molecular weight is 275 g/mol. The molecule has 0 unspecified atom stereocenters. The summed E-state index contributed by atoms with van der Waals surface area (Å²) < 4.78 is 1.72. The minimum Gasteiger partial charge on any atom is -0.347 e. The molecule has 0 saturated heterocycles. The Morgan fingerprint density at radius 1 is 1.30 bits per heavy atom. The molecule has 3 rings (SSSR count). The van der Waals surface area contributed by atoms with Gasteiger partial charge in [0, 0.05) is 19.7 Å². The fraction of sp³-hybridized carbons (Fsp3) is 0.600. The van der Waals surface area contributed by atoms with Crippen LogP contribution in [0.15, 0.2) is 18.3 Å². The Bertz CT molecular complexity index is 523. The van der Waals surface area contributed by atoms with Crippen molar-refractivity contribution in [2.24, 2.45) is 24.8 Å². The first-order chi connectivity index (χ1) is 9.63. The van der Waals surface area contributed by atoms with Crippen molar-refractivity contribution >= 4 is 11.8 Å². The van der Waals surface area contributed by atoms with E-state index in [4.69, 9.17) is 0 Å². The lowest BCUT2D eigenvalue weighted by atomic mass is 9.86. The van der Waals surface area contributed by atoms with Gasteiger partial charge in [0.05, 0.1) is 0 Å². The number of rotatable bonds is 3. The lowest BCUT2D eigenvalue weighted by Gasteiger charge is -2.20. The van der Waals surface area contributed by atoms with E-state index in [-0.39, 0.29) is 11.8 Å². The number of hydrogen-bond donors (Lipinski definition) is 2. The number of fused-ring (bicyclic) bond motifs is 2. The van der Waals surface area contributed by atoms with Gasteiger partial charge in [-0.3, -0.25) is 20.4 Å². The maximum absolute atomic E-state index is 11.9. The maximum atomic E-state index is 11.9. The van der Waals surface area contributed by atoms with Crippen molar-refractivity contribution < 1.29 is 9.59 Å². The van der Waals surface area contributed by atoms with E-state index >= 15 is 0 Å². The summed E-state index contributed by atoms with van der Waals surface area (Å²) in [6.45, 7) is 0. The Hall–Kier alpha value is -1.78. The summed E-state index contributed by atoms with van der Waals surface area (Å²) in [5.41, 5.74) is 5.55. The van der Waals surface area contributed by atoms with Gasteiger partial charge in [-0.05, 0) is 49.1 Å². The number of nitrogens with one attached hydrogen (secondary N) is 2. The molecule has 3 atom stereocenters. The third kappa shape index (κ3) is 2.57. The molecule has 1 aromatic heterocycles. The first kappa shape index (κ1) is 13.2. The highest BCUT2D eigenvalue weighted by atomic mass is 16.2. The first-order valence-electron chi connectivity index (χ1n) is 7.34. The Morgan fingerprint density at radius 3 is 2.75 bits per heavy atom. The van der Waals surface area contributed by atoms with Gasteiger partial charge in [-0.1, -0.05) is 6.42 Å². The van der Waals surface area contributed by atoms with Gasteiger partial charge >= 0.3 is 0 Å². The van der Waals surface area contributed by atoms with Gasteiger partial charge in [-0.25, -0.2) is 0 Å². The second-order valence-electron chi connectivity index (χ2n) is 6.15. The van der Waals surface area contributed by atoms with Crippen molar-refractivity contribution in [3.05, 3.63) is 24.0 Å². The van der Waals surface area contributed by atoms with Crippen LogP contribution in [0, 0.1) is 17.8 Å². The van der Waals surface area contributed by atoms with Crippen LogP contribution in [0.4, 0.5) is 0 Å². The van der Waals surface area contributed by atoms with E-state index in [0.717, 1.165) is 11.8 Å². The summed E-state index contributed by atoms with van der Waals surface area (Å²) in [6, 6.07) is 3.52. The molecule has 1 heterocycles. The lowest BCUT2D eigenvalue weighted by Crippen LogP contribution is -2.43. The fourth-order valence-electron chi connectivity index (χ4n) is 3.80. The van der Waals surface area contributed by atoms with Crippen LogP contribution < -0.4 is 10.9 Å². The molecule has 2 fully saturated rings. The highest BCUT2D eigenvalue weighted by Crippen LogP contribution is 2.49. The standard InChI is InChI=1S/C15H21N3O2/c1-18-6-2-3-13(18)15(20)17-16-14(19)9-12-8-10-4-5-11(12)7-10/h2-3,6,10-12H,4-5,7-9H2,1H3,(H,16,19)(H,17,20)/t10-,11-,12-/m0/s1. The second kappa shape index (κ2) is 5.31. The molecule has 5 nitrogen and oxygen atoms in total. The number of carbonyl (C=O) groups excluding carboxylic acids is 2. The molecule has 0 spiro atoms. The van der Waals surface area contributed by atoms with Crippen LogP contribution in [-0.4, -0.2) is 16.4 Å². The third-order valence-electron chi connectivity index (χ3n) is 4.82. The lowest BCUT2D eigenvalue weighted by molar-refractivity contribution is -0.123. The van der Waals surface area contributed by atoms with Crippen LogP contribution in [0.25, 0.3) is 0 Å². The monoisotopic (exact) mass is 275 g/mol. The predicted octanol–water partition coefficient (Wildman–Crippen LogP) is 1.61. The molecular formula is C15H21N3O2. The van der Waals surface area contributed by atoms with Crippen LogP contribution >= 0.6 is 0 Å². The molecule has 108 valence electrons.